The topological polar surface area (TPSA) is 155 Å². The van der Waals surface area contributed by atoms with E-state index in [0.717, 1.165) is 18.1 Å². The maximum atomic E-state index is 10.3. The molecule has 1 rings (SSSR count). The van der Waals surface area contributed by atoms with Gasteiger partial charge in [0.1, 0.15) is 13.3 Å². The van der Waals surface area contributed by atoms with Crippen molar-refractivity contribution in [1.29, 1.82) is 0 Å². The van der Waals surface area contributed by atoms with Gasteiger partial charge in [-0.1, -0.05) is 0 Å². The molecule has 0 bridgehead atoms. The number of rotatable bonds is 3. The van der Waals surface area contributed by atoms with Gasteiger partial charge in [0, 0.05) is 7.05 Å². The lowest BCUT2D eigenvalue weighted by molar-refractivity contribution is -0.137. The molecule has 0 unspecified atom stereocenters. The molecule has 0 aromatic heterocycles. The van der Waals surface area contributed by atoms with Gasteiger partial charge in [0.05, 0.1) is 13.2 Å². The number of nitrogens with two attached hydrogens (primary N) is 1. The Balaban J connectivity index is 0.000000473. The van der Waals surface area contributed by atoms with Gasteiger partial charge in [-0.05, 0) is 0 Å². The summed E-state index contributed by atoms with van der Waals surface area (Å²) in [6.07, 6.45) is 0. The zero-order valence-electron chi connectivity index (χ0n) is 9.72. The predicted octanol–water partition coefficient (Wildman–Crippen LogP) is -1.60. The highest BCUT2D eigenvalue weighted by Gasteiger charge is 2.14. The van der Waals surface area contributed by atoms with Crippen LogP contribution in [0.25, 0.3) is 0 Å². The van der Waals surface area contributed by atoms with Crippen LogP contribution in [0, 0.1) is 0 Å². The molecule has 18 heavy (non-hydrogen) atoms. The van der Waals surface area contributed by atoms with Gasteiger partial charge < -0.3 is 35.0 Å². The third-order valence-corrected chi connectivity index (χ3v) is 2.00. The third kappa shape index (κ3) is 10.00. The smallest absolute Gasteiger partial charge is 0.451 e. The van der Waals surface area contributed by atoms with Gasteiger partial charge in [-0.15, -0.1) is 4.76 Å². The molecule has 0 aromatic rings. The van der Waals surface area contributed by atoms with Crippen molar-refractivity contribution in [3.05, 3.63) is 0 Å². The SMILES string of the molecule is C1COCO1.CN(CC(=O)O)/C(N)=N\P(=O)(O)O. The molecule has 11 heteroatoms. The van der Waals surface area contributed by atoms with Crippen LogP contribution < -0.4 is 5.73 Å². The summed E-state index contributed by atoms with van der Waals surface area (Å²) in [6.45, 7) is 1.58. The molecule has 0 atom stereocenters. The molecule has 0 radical (unpaired) electrons. The molecule has 0 aliphatic carbocycles. The van der Waals surface area contributed by atoms with E-state index in [1.165, 1.54) is 7.05 Å². The molecule has 1 aliphatic rings. The van der Waals surface area contributed by atoms with Crippen LogP contribution in [0.2, 0.25) is 0 Å². The van der Waals surface area contributed by atoms with Gasteiger partial charge in [-0.3, -0.25) is 4.79 Å². The molecule has 10 nitrogen and oxygen atoms in total. The number of carbonyl (C=O) groups is 1. The molecular weight excluding hydrogens is 269 g/mol. The summed E-state index contributed by atoms with van der Waals surface area (Å²) in [5.74, 6) is -1.69. The maximum Gasteiger partial charge on any atom is 0.451 e. The first-order chi connectivity index (χ1) is 8.22. The Hall–Kier alpha value is -1.19. The fraction of sp³-hybridized carbons (Fsp3) is 0.714. The summed E-state index contributed by atoms with van der Waals surface area (Å²) in [4.78, 5) is 27.7. The van der Waals surface area contributed by atoms with E-state index in [1.54, 1.807) is 0 Å². The van der Waals surface area contributed by atoms with Crippen molar-refractivity contribution in [2.45, 2.75) is 0 Å². The third-order valence-electron chi connectivity index (χ3n) is 1.53. The molecule has 5 N–H and O–H groups in total. The average Bonchev–Trinajstić information content (AvgIpc) is 2.71. The molecule has 1 fully saturated rings. The normalized spacial score (nSPS) is 15.8. The first-order valence-corrected chi connectivity index (χ1v) is 6.28. The maximum absolute atomic E-state index is 10.3. The summed E-state index contributed by atoms with van der Waals surface area (Å²) >= 11 is 0. The largest absolute Gasteiger partial charge is 0.480 e. The van der Waals surface area contributed by atoms with Crippen LogP contribution in [-0.4, -0.2) is 65.3 Å². The number of likely N-dealkylation sites (N-methyl/N-ethyl adjacent to an activating group) is 1. The number of guanidine groups is 1. The predicted molar refractivity (Wildman–Crippen MR) is 60.7 cm³/mol. The highest BCUT2D eigenvalue weighted by Crippen LogP contribution is 2.35. The van der Waals surface area contributed by atoms with Crippen LogP contribution in [0.1, 0.15) is 0 Å². The van der Waals surface area contributed by atoms with Crippen molar-refractivity contribution in [3.63, 3.8) is 0 Å². The molecule has 1 aliphatic heterocycles. The highest BCUT2D eigenvalue weighted by molar-refractivity contribution is 7.50. The van der Waals surface area contributed by atoms with Crippen molar-refractivity contribution in [2.24, 2.45) is 10.5 Å². The summed E-state index contributed by atoms with van der Waals surface area (Å²) in [5, 5.41) is 8.28. The Bertz CT molecular complexity index is 330. The number of carboxylic acid groups (broad SMARTS) is 1. The Morgan fingerprint density at radius 2 is 1.94 bits per heavy atom. The van der Waals surface area contributed by atoms with Gasteiger partial charge >= 0.3 is 13.7 Å². The first kappa shape index (κ1) is 16.8. The zero-order valence-corrected chi connectivity index (χ0v) is 10.6. The van der Waals surface area contributed by atoms with Crippen LogP contribution in [0.15, 0.2) is 4.76 Å². The van der Waals surface area contributed by atoms with E-state index in [9.17, 15) is 9.36 Å². The number of aliphatic carboxylic acids is 1. The number of nitrogens with zero attached hydrogens (tertiary/aromatic N) is 2. The molecule has 106 valence electrons. The second-order valence-corrected chi connectivity index (χ2v) is 4.38. The van der Waals surface area contributed by atoms with Crippen LogP contribution in [0.4, 0.5) is 0 Å². The van der Waals surface area contributed by atoms with Crippen molar-refractivity contribution in [1.82, 2.24) is 4.90 Å². The Labute approximate surface area is 103 Å². The molecule has 0 aromatic carbocycles. The molecule has 1 heterocycles. The number of hydrogen-bond acceptors (Lipinski definition) is 4. The van der Waals surface area contributed by atoms with E-state index in [-0.39, 0.29) is 0 Å². The second-order valence-electron chi connectivity index (χ2n) is 3.16. The number of carboxylic acids is 1. The van der Waals surface area contributed by atoms with E-state index >= 15 is 0 Å². The van der Waals surface area contributed by atoms with Crippen molar-refractivity contribution >= 4 is 19.7 Å². The van der Waals surface area contributed by atoms with E-state index in [0.29, 0.717) is 6.79 Å². The summed E-state index contributed by atoms with van der Waals surface area (Å²) in [6, 6.07) is 0. The average molecular weight is 285 g/mol. The van der Waals surface area contributed by atoms with Crippen LogP contribution in [-0.2, 0) is 18.8 Å². The zero-order chi connectivity index (χ0) is 14.2. The van der Waals surface area contributed by atoms with Crippen molar-refractivity contribution in [3.8, 4) is 0 Å². The minimum atomic E-state index is -4.59. The fourth-order valence-electron chi connectivity index (χ4n) is 0.788. The Morgan fingerprint density at radius 3 is 2.22 bits per heavy atom. The summed E-state index contributed by atoms with van der Waals surface area (Å²) in [7, 11) is -3.34. The quantitative estimate of drug-likeness (QED) is 0.272. The number of ether oxygens (including phenoxy) is 2. The van der Waals surface area contributed by atoms with Gasteiger partial charge in [0.2, 0.25) is 5.96 Å². The lowest BCUT2D eigenvalue weighted by Crippen LogP contribution is -2.37. The Kier molecular flexibility index (Phi) is 7.48. The van der Waals surface area contributed by atoms with Gasteiger partial charge in [0.25, 0.3) is 0 Å². The first-order valence-electron chi connectivity index (χ1n) is 4.72. The molecule has 0 saturated carbocycles. The van der Waals surface area contributed by atoms with Crippen molar-refractivity contribution in [2.75, 3.05) is 33.6 Å². The monoisotopic (exact) mass is 285 g/mol. The van der Waals surface area contributed by atoms with Crippen LogP contribution >= 0.6 is 7.75 Å². The van der Waals surface area contributed by atoms with Crippen LogP contribution in [0.5, 0.6) is 0 Å². The second kappa shape index (κ2) is 8.01. The lowest BCUT2D eigenvalue weighted by atomic mass is 10.6. The molecule has 0 spiro atoms. The highest BCUT2D eigenvalue weighted by atomic mass is 31.2. The van der Waals surface area contributed by atoms with Crippen LogP contribution in [0.3, 0.4) is 0 Å². The van der Waals surface area contributed by atoms with Gasteiger partial charge in [-0.25, -0.2) is 4.57 Å². The minimum Gasteiger partial charge on any atom is -0.480 e. The van der Waals surface area contributed by atoms with E-state index in [4.69, 9.17) is 30.1 Å². The van der Waals surface area contributed by atoms with E-state index in [1.807, 2.05) is 0 Å². The number of hydrogen-bond donors (Lipinski definition) is 4. The standard InChI is InChI=1S/C4H10N3O5P.C3H6O2/c1-7(2-3(8)9)4(5)6-13(10,11)12;1-2-5-3-4-1/h2H2,1H3,(H,8,9)(H4,5,6,10,11,12);1-3H2. The molecule has 0 amide bonds. The van der Waals surface area contributed by atoms with Crippen molar-refractivity contribution < 1.29 is 33.7 Å². The van der Waals surface area contributed by atoms with E-state index < -0.39 is 26.2 Å². The lowest BCUT2D eigenvalue weighted by Gasteiger charge is -2.14. The van der Waals surface area contributed by atoms with Gasteiger partial charge in [-0.2, -0.15) is 0 Å². The fourth-order valence-corrected chi connectivity index (χ4v) is 1.21. The summed E-state index contributed by atoms with van der Waals surface area (Å²) < 4.78 is 22.5. The van der Waals surface area contributed by atoms with Gasteiger partial charge in [0.15, 0.2) is 0 Å². The minimum absolute atomic E-state index is 0.477. The molecular formula is C7H16N3O7P. The summed E-state index contributed by atoms with van der Waals surface area (Å²) in [5.41, 5.74) is 5.07. The molecule has 1 saturated heterocycles. The van der Waals surface area contributed by atoms with E-state index in [2.05, 4.69) is 4.76 Å². The Morgan fingerprint density at radius 1 is 1.44 bits per heavy atom.